The SMILES string of the molecule is Cc1cc(C)n(C(C)CC(=O)N2CCC(F)(C(=O)O)C2)n1. The maximum absolute atomic E-state index is 14.0. The van der Waals surface area contributed by atoms with E-state index in [4.69, 9.17) is 5.11 Å². The predicted molar refractivity (Wildman–Crippen MR) is 73.7 cm³/mol. The van der Waals surface area contributed by atoms with Crippen LogP contribution in [0.3, 0.4) is 0 Å². The number of carboxylic acid groups (broad SMARTS) is 1. The van der Waals surface area contributed by atoms with Gasteiger partial charge in [0, 0.05) is 25.1 Å². The number of halogens is 1. The van der Waals surface area contributed by atoms with Crippen LogP contribution >= 0.6 is 0 Å². The van der Waals surface area contributed by atoms with Gasteiger partial charge in [-0.1, -0.05) is 0 Å². The van der Waals surface area contributed by atoms with Gasteiger partial charge in [0.2, 0.25) is 11.6 Å². The van der Waals surface area contributed by atoms with Crippen LogP contribution in [0.5, 0.6) is 0 Å². The number of aliphatic carboxylic acids is 1. The highest BCUT2D eigenvalue weighted by atomic mass is 19.1. The summed E-state index contributed by atoms with van der Waals surface area (Å²) in [6, 6.07) is 1.78. The van der Waals surface area contributed by atoms with Crippen molar-refractivity contribution in [2.24, 2.45) is 0 Å². The zero-order valence-electron chi connectivity index (χ0n) is 12.5. The zero-order chi connectivity index (χ0) is 15.8. The van der Waals surface area contributed by atoms with Gasteiger partial charge in [0.05, 0.1) is 18.3 Å². The third kappa shape index (κ3) is 3.06. The number of alkyl halides is 1. The lowest BCUT2D eigenvalue weighted by atomic mass is 10.1. The van der Waals surface area contributed by atoms with Crippen molar-refractivity contribution in [2.45, 2.75) is 45.3 Å². The van der Waals surface area contributed by atoms with Crippen LogP contribution in [-0.4, -0.2) is 50.4 Å². The van der Waals surface area contributed by atoms with Gasteiger partial charge in [0.15, 0.2) is 0 Å². The predicted octanol–water partition coefficient (Wildman–Crippen LogP) is 1.48. The van der Waals surface area contributed by atoms with Gasteiger partial charge in [-0.2, -0.15) is 5.10 Å². The number of aryl methyl sites for hydroxylation is 2. The quantitative estimate of drug-likeness (QED) is 0.913. The van der Waals surface area contributed by atoms with E-state index in [1.807, 2.05) is 26.8 Å². The molecule has 21 heavy (non-hydrogen) atoms. The Morgan fingerprint density at radius 3 is 2.67 bits per heavy atom. The van der Waals surface area contributed by atoms with Crippen LogP contribution in [-0.2, 0) is 9.59 Å². The molecule has 1 aromatic rings. The average molecular weight is 297 g/mol. The molecule has 0 spiro atoms. The van der Waals surface area contributed by atoms with Crippen LogP contribution in [0, 0.1) is 13.8 Å². The maximum atomic E-state index is 14.0. The summed E-state index contributed by atoms with van der Waals surface area (Å²) < 4.78 is 15.7. The van der Waals surface area contributed by atoms with E-state index in [1.165, 1.54) is 4.90 Å². The molecule has 2 rings (SSSR count). The second-order valence-corrected chi connectivity index (χ2v) is 5.76. The van der Waals surface area contributed by atoms with Crippen molar-refractivity contribution in [3.63, 3.8) is 0 Å². The van der Waals surface area contributed by atoms with Gasteiger partial charge in [-0.25, -0.2) is 9.18 Å². The third-order valence-corrected chi connectivity index (χ3v) is 3.89. The smallest absolute Gasteiger partial charge is 0.343 e. The first-order valence-electron chi connectivity index (χ1n) is 6.96. The van der Waals surface area contributed by atoms with Crippen molar-refractivity contribution in [1.82, 2.24) is 14.7 Å². The van der Waals surface area contributed by atoms with Crippen LogP contribution in [0.4, 0.5) is 4.39 Å². The summed E-state index contributed by atoms with van der Waals surface area (Å²) in [6.45, 7) is 5.43. The van der Waals surface area contributed by atoms with Crippen molar-refractivity contribution in [1.29, 1.82) is 0 Å². The third-order valence-electron chi connectivity index (χ3n) is 3.89. The molecular formula is C14H20FN3O3. The normalized spacial score (nSPS) is 23.3. The molecule has 0 saturated carbocycles. The Hall–Kier alpha value is -1.92. The van der Waals surface area contributed by atoms with Crippen LogP contribution in [0.25, 0.3) is 0 Å². The largest absolute Gasteiger partial charge is 0.479 e. The number of carbonyl (C=O) groups is 2. The van der Waals surface area contributed by atoms with E-state index in [9.17, 15) is 14.0 Å². The molecule has 2 unspecified atom stereocenters. The molecule has 116 valence electrons. The summed E-state index contributed by atoms with van der Waals surface area (Å²) >= 11 is 0. The molecule has 0 bridgehead atoms. The van der Waals surface area contributed by atoms with Crippen LogP contribution < -0.4 is 0 Å². The number of hydrogen-bond acceptors (Lipinski definition) is 3. The number of amides is 1. The molecule has 1 amide bonds. The van der Waals surface area contributed by atoms with E-state index >= 15 is 0 Å². The lowest BCUT2D eigenvalue weighted by Gasteiger charge is -2.20. The molecule has 0 aromatic carbocycles. The van der Waals surface area contributed by atoms with Gasteiger partial charge in [-0.3, -0.25) is 9.48 Å². The van der Waals surface area contributed by atoms with Crippen molar-refractivity contribution in [2.75, 3.05) is 13.1 Å². The highest BCUT2D eigenvalue weighted by Crippen LogP contribution is 2.27. The van der Waals surface area contributed by atoms with E-state index in [0.717, 1.165) is 11.4 Å². The lowest BCUT2D eigenvalue weighted by Crippen LogP contribution is -2.39. The van der Waals surface area contributed by atoms with Crippen molar-refractivity contribution in [3.8, 4) is 0 Å². The van der Waals surface area contributed by atoms with E-state index in [2.05, 4.69) is 5.10 Å². The monoisotopic (exact) mass is 297 g/mol. The minimum atomic E-state index is -2.31. The Labute approximate surface area is 122 Å². The molecule has 1 N–H and O–H groups in total. The van der Waals surface area contributed by atoms with Crippen LogP contribution in [0.15, 0.2) is 6.07 Å². The van der Waals surface area contributed by atoms with Gasteiger partial charge in [-0.15, -0.1) is 0 Å². The molecule has 1 aliphatic heterocycles. The fraction of sp³-hybridized carbons (Fsp3) is 0.643. The zero-order valence-corrected chi connectivity index (χ0v) is 12.5. The highest BCUT2D eigenvalue weighted by molar-refractivity contribution is 5.82. The number of hydrogen-bond donors (Lipinski definition) is 1. The number of carboxylic acids is 1. The number of likely N-dealkylation sites (tertiary alicyclic amines) is 1. The van der Waals surface area contributed by atoms with Gasteiger partial charge in [0.1, 0.15) is 0 Å². The summed E-state index contributed by atoms with van der Waals surface area (Å²) in [4.78, 5) is 24.3. The molecule has 0 radical (unpaired) electrons. The van der Waals surface area contributed by atoms with Gasteiger partial charge < -0.3 is 10.0 Å². The van der Waals surface area contributed by atoms with Gasteiger partial charge in [0.25, 0.3) is 0 Å². The fourth-order valence-electron chi connectivity index (χ4n) is 2.72. The fourth-order valence-corrected chi connectivity index (χ4v) is 2.72. The second kappa shape index (κ2) is 5.46. The van der Waals surface area contributed by atoms with Gasteiger partial charge in [-0.05, 0) is 26.8 Å². The Morgan fingerprint density at radius 2 is 2.19 bits per heavy atom. The summed E-state index contributed by atoms with van der Waals surface area (Å²) in [5.41, 5.74) is -0.474. The minimum Gasteiger partial charge on any atom is -0.479 e. The molecule has 2 atom stereocenters. The number of rotatable bonds is 4. The topological polar surface area (TPSA) is 75.4 Å². The second-order valence-electron chi connectivity index (χ2n) is 5.76. The Bertz CT molecular complexity index is 572. The van der Waals surface area contributed by atoms with Crippen molar-refractivity contribution in [3.05, 3.63) is 17.5 Å². The summed E-state index contributed by atoms with van der Waals surface area (Å²) in [5.74, 6) is -1.74. The van der Waals surface area contributed by atoms with E-state index < -0.39 is 11.6 Å². The van der Waals surface area contributed by atoms with Gasteiger partial charge >= 0.3 is 5.97 Å². The maximum Gasteiger partial charge on any atom is 0.343 e. The summed E-state index contributed by atoms with van der Waals surface area (Å²) in [7, 11) is 0. The molecule has 6 nitrogen and oxygen atoms in total. The van der Waals surface area contributed by atoms with E-state index in [-0.39, 0.29) is 37.9 Å². The van der Waals surface area contributed by atoms with E-state index in [1.54, 1.807) is 4.68 Å². The van der Waals surface area contributed by atoms with Crippen LogP contribution in [0.1, 0.15) is 37.2 Å². The number of aromatic nitrogens is 2. The molecule has 7 heteroatoms. The van der Waals surface area contributed by atoms with Crippen molar-refractivity contribution < 1.29 is 19.1 Å². The average Bonchev–Trinajstić information content (AvgIpc) is 2.93. The van der Waals surface area contributed by atoms with Crippen LogP contribution in [0.2, 0.25) is 0 Å². The molecule has 1 aliphatic rings. The molecule has 0 aliphatic carbocycles. The molecule has 1 saturated heterocycles. The Kier molecular flexibility index (Phi) is 4.02. The Balaban J connectivity index is 1.99. The summed E-state index contributed by atoms with van der Waals surface area (Å²) in [5, 5.41) is 13.2. The summed E-state index contributed by atoms with van der Waals surface area (Å²) in [6.07, 6.45) is 0.0278. The molecule has 1 aromatic heterocycles. The highest BCUT2D eigenvalue weighted by Gasteiger charge is 2.46. The Morgan fingerprint density at radius 1 is 1.52 bits per heavy atom. The van der Waals surface area contributed by atoms with Crippen molar-refractivity contribution >= 4 is 11.9 Å². The first-order valence-corrected chi connectivity index (χ1v) is 6.96. The number of nitrogens with zero attached hydrogens (tertiary/aromatic N) is 3. The molecular weight excluding hydrogens is 277 g/mol. The molecule has 2 heterocycles. The first-order chi connectivity index (χ1) is 9.73. The lowest BCUT2D eigenvalue weighted by molar-refractivity contribution is -0.150. The molecule has 1 fully saturated rings. The van der Waals surface area contributed by atoms with E-state index in [0.29, 0.717) is 0 Å². The minimum absolute atomic E-state index is 0.144. The first kappa shape index (κ1) is 15.5. The standard InChI is InChI=1S/C14H20FN3O3/c1-9-6-10(2)18(16-9)11(3)7-12(19)17-5-4-14(15,8-17)13(20)21/h6,11H,4-5,7-8H2,1-3H3,(H,20,21). The number of carbonyl (C=O) groups excluding carboxylic acids is 1.